The van der Waals surface area contributed by atoms with E-state index in [0.29, 0.717) is 0 Å². The van der Waals surface area contributed by atoms with Gasteiger partial charge < -0.3 is 0 Å². The largest absolute Gasteiger partial charge is 0.130 e. The first-order valence-corrected chi connectivity index (χ1v) is 6.06. The molecule has 1 heteroatoms. The lowest BCUT2D eigenvalue weighted by molar-refractivity contribution is 0.981. The Morgan fingerprint density at radius 2 is 1.29 bits per heavy atom. The van der Waals surface area contributed by atoms with Gasteiger partial charge in [-0.15, -0.1) is 11.6 Å². The average molecular weight is 213 g/mol. The Kier molecular flexibility index (Phi) is 7.60. The molecule has 0 aliphatic heterocycles. The van der Waals surface area contributed by atoms with Crippen molar-refractivity contribution in [3.05, 3.63) is 34.9 Å². The van der Waals surface area contributed by atoms with E-state index in [1.165, 1.54) is 23.9 Å². The summed E-state index contributed by atoms with van der Waals surface area (Å²) in [6, 6.07) is 6.67. The number of hydrogen-bond acceptors (Lipinski definition) is 0. The predicted molar refractivity (Wildman–Crippen MR) is 66.4 cm³/mol. The number of alkyl halides is 1. The van der Waals surface area contributed by atoms with Gasteiger partial charge in [0.25, 0.3) is 0 Å². The van der Waals surface area contributed by atoms with E-state index in [-0.39, 0.29) is 0 Å². The van der Waals surface area contributed by atoms with Crippen molar-refractivity contribution < 1.29 is 0 Å². The van der Waals surface area contributed by atoms with Gasteiger partial charge in [0.1, 0.15) is 0 Å². The minimum absolute atomic E-state index is 1.16. The Hall–Kier alpha value is -0.490. The molecule has 1 aromatic carbocycles. The van der Waals surface area contributed by atoms with E-state index in [9.17, 15) is 0 Å². The number of hydrogen-bond donors (Lipinski definition) is 0. The minimum Gasteiger partial charge on any atom is -0.130 e. The van der Waals surface area contributed by atoms with Gasteiger partial charge in [0.15, 0.2) is 0 Å². The van der Waals surface area contributed by atoms with E-state index in [0.717, 1.165) is 12.8 Å². The summed E-state index contributed by atoms with van der Waals surface area (Å²) in [6.45, 7) is 6.70. The van der Waals surface area contributed by atoms with Gasteiger partial charge in [-0.2, -0.15) is 0 Å². The fourth-order valence-corrected chi connectivity index (χ4v) is 1.80. The number of benzene rings is 1. The molecule has 1 aromatic rings. The highest BCUT2D eigenvalue weighted by Crippen LogP contribution is 2.16. The van der Waals surface area contributed by atoms with Gasteiger partial charge in [-0.3, -0.25) is 0 Å². The molecule has 1 rings (SSSR count). The molecule has 0 aromatic heterocycles. The van der Waals surface area contributed by atoms with Crippen molar-refractivity contribution in [2.45, 2.75) is 40.0 Å². The van der Waals surface area contributed by atoms with Crippen molar-refractivity contribution in [1.82, 2.24) is 0 Å². The van der Waals surface area contributed by atoms with E-state index in [1.807, 2.05) is 0 Å². The SMILES string of the molecule is CCc1cccc(CC)c1CC.CCl. The molecule has 0 aliphatic rings. The van der Waals surface area contributed by atoms with Crippen molar-refractivity contribution in [1.29, 1.82) is 0 Å². The molecule has 0 N–H and O–H groups in total. The summed E-state index contributed by atoms with van der Waals surface area (Å²) in [5.41, 5.74) is 4.62. The first-order valence-electron chi connectivity index (χ1n) is 5.30. The highest BCUT2D eigenvalue weighted by atomic mass is 35.5. The fourth-order valence-electron chi connectivity index (χ4n) is 1.80. The number of rotatable bonds is 3. The summed E-state index contributed by atoms with van der Waals surface area (Å²) in [5, 5.41) is 0. The van der Waals surface area contributed by atoms with Crippen LogP contribution in [0.4, 0.5) is 0 Å². The van der Waals surface area contributed by atoms with Crippen molar-refractivity contribution >= 4 is 11.6 Å². The van der Waals surface area contributed by atoms with Gasteiger partial charge in [0.05, 0.1) is 0 Å². The van der Waals surface area contributed by atoms with Crippen molar-refractivity contribution in [3.8, 4) is 0 Å². The van der Waals surface area contributed by atoms with Crippen molar-refractivity contribution in [2.24, 2.45) is 0 Å². The highest BCUT2D eigenvalue weighted by molar-refractivity contribution is 6.15. The van der Waals surface area contributed by atoms with Gasteiger partial charge in [-0.1, -0.05) is 39.0 Å². The molecule has 0 saturated carbocycles. The third-order valence-corrected chi connectivity index (χ3v) is 2.49. The molecular formula is C13H21Cl. The summed E-state index contributed by atoms with van der Waals surface area (Å²) in [7, 11) is 0. The summed E-state index contributed by atoms with van der Waals surface area (Å²) in [5.74, 6) is 0. The van der Waals surface area contributed by atoms with E-state index < -0.39 is 0 Å². The van der Waals surface area contributed by atoms with E-state index in [4.69, 9.17) is 0 Å². The minimum atomic E-state index is 1.16. The molecule has 0 nitrogen and oxygen atoms in total. The molecule has 0 heterocycles. The topological polar surface area (TPSA) is 0 Å². The van der Waals surface area contributed by atoms with Gasteiger partial charge in [0.2, 0.25) is 0 Å². The molecule has 0 spiro atoms. The van der Waals surface area contributed by atoms with Crippen LogP contribution in [0.2, 0.25) is 0 Å². The van der Waals surface area contributed by atoms with Crippen LogP contribution in [-0.4, -0.2) is 6.38 Å². The Bertz CT molecular complexity index is 231. The van der Waals surface area contributed by atoms with Crippen LogP contribution in [0.5, 0.6) is 0 Å². The maximum absolute atomic E-state index is 4.64. The Labute approximate surface area is 93.3 Å². The Morgan fingerprint density at radius 1 is 0.857 bits per heavy atom. The molecule has 0 radical (unpaired) electrons. The molecule has 0 saturated heterocycles. The Morgan fingerprint density at radius 3 is 1.57 bits per heavy atom. The zero-order chi connectivity index (χ0) is 11.0. The molecule has 0 unspecified atom stereocenters. The molecule has 0 bridgehead atoms. The fraction of sp³-hybridized carbons (Fsp3) is 0.538. The smallest absolute Gasteiger partial charge is 0.0108 e. The van der Waals surface area contributed by atoms with Crippen LogP contribution in [0.3, 0.4) is 0 Å². The third kappa shape index (κ3) is 3.34. The second-order valence-corrected chi connectivity index (χ2v) is 3.12. The Balaban J connectivity index is 0.000000791. The van der Waals surface area contributed by atoms with Gasteiger partial charge >= 0.3 is 0 Å². The normalized spacial score (nSPS) is 9.21. The second-order valence-electron chi connectivity index (χ2n) is 3.12. The van der Waals surface area contributed by atoms with Gasteiger partial charge in [-0.25, -0.2) is 0 Å². The summed E-state index contributed by atoms with van der Waals surface area (Å²) in [4.78, 5) is 0. The summed E-state index contributed by atoms with van der Waals surface area (Å²) >= 11 is 4.64. The van der Waals surface area contributed by atoms with Crippen LogP contribution in [0, 0.1) is 0 Å². The lowest BCUT2D eigenvalue weighted by Crippen LogP contribution is -1.96. The van der Waals surface area contributed by atoms with Crippen LogP contribution in [0.15, 0.2) is 18.2 Å². The molecular weight excluding hydrogens is 192 g/mol. The van der Waals surface area contributed by atoms with Crippen LogP contribution in [-0.2, 0) is 19.3 Å². The standard InChI is InChI=1S/C12H18.CH3Cl/c1-4-10-8-7-9-11(5-2)12(10)6-3;1-2/h7-9H,4-6H2,1-3H3;1H3. The molecule has 0 atom stereocenters. The van der Waals surface area contributed by atoms with Crippen LogP contribution in [0.25, 0.3) is 0 Å². The maximum atomic E-state index is 4.64. The van der Waals surface area contributed by atoms with Crippen molar-refractivity contribution in [3.63, 3.8) is 0 Å². The zero-order valence-electron chi connectivity index (χ0n) is 9.73. The highest BCUT2D eigenvalue weighted by Gasteiger charge is 2.02. The van der Waals surface area contributed by atoms with Gasteiger partial charge in [-0.05, 0) is 36.0 Å². The number of halogens is 1. The lowest BCUT2D eigenvalue weighted by Gasteiger charge is -2.10. The second kappa shape index (κ2) is 7.87. The molecule has 80 valence electrons. The number of aryl methyl sites for hydroxylation is 2. The molecule has 0 fully saturated rings. The molecule has 14 heavy (non-hydrogen) atoms. The average Bonchev–Trinajstić information content (AvgIpc) is 2.30. The summed E-state index contributed by atoms with van der Waals surface area (Å²) < 4.78 is 0. The third-order valence-electron chi connectivity index (χ3n) is 2.49. The van der Waals surface area contributed by atoms with Crippen LogP contribution >= 0.6 is 11.6 Å². The van der Waals surface area contributed by atoms with E-state index >= 15 is 0 Å². The van der Waals surface area contributed by atoms with Crippen LogP contribution in [0.1, 0.15) is 37.5 Å². The lowest BCUT2D eigenvalue weighted by atomic mass is 9.96. The molecule has 0 amide bonds. The predicted octanol–water partition coefficient (Wildman–Crippen LogP) is 4.23. The van der Waals surface area contributed by atoms with E-state index in [2.05, 4.69) is 50.6 Å². The quantitative estimate of drug-likeness (QED) is 0.658. The monoisotopic (exact) mass is 212 g/mol. The molecule has 0 aliphatic carbocycles. The summed E-state index contributed by atoms with van der Waals surface area (Å²) in [6.07, 6.45) is 4.97. The van der Waals surface area contributed by atoms with Crippen LogP contribution < -0.4 is 0 Å². The first-order chi connectivity index (χ1) is 6.83. The van der Waals surface area contributed by atoms with E-state index in [1.54, 1.807) is 5.56 Å². The first kappa shape index (κ1) is 13.5. The maximum Gasteiger partial charge on any atom is 0.0108 e. The zero-order valence-corrected chi connectivity index (χ0v) is 10.5. The van der Waals surface area contributed by atoms with Gasteiger partial charge in [0, 0.05) is 6.38 Å². The van der Waals surface area contributed by atoms with Crippen molar-refractivity contribution in [2.75, 3.05) is 6.38 Å².